The number of benzene rings is 1. The quantitative estimate of drug-likeness (QED) is 0.771. The molecule has 5 heteroatoms. The molecule has 1 N–H and O–H groups in total. The molecule has 3 aromatic rings. The summed E-state index contributed by atoms with van der Waals surface area (Å²) < 4.78 is 7.96. The molecule has 3 heterocycles. The maximum Gasteiger partial charge on any atom is 0.253 e. The van der Waals surface area contributed by atoms with Crippen molar-refractivity contribution in [1.29, 1.82) is 0 Å². The maximum atomic E-state index is 12.7. The van der Waals surface area contributed by atoms with Gasteiger partial charge in [0.1, 0.15) is 5.65 Å². The van der Waals surface area contributed by atoms with Crippen LogP contribution in [0.5, 0.6) is 0 Å². The molecule has 1 aliphatic carbocycles. The van der Waals surface area contributed by atoms with Gasteiger partial charge >= 0.3 is 0 Å². The number of hydrogen-bond donors (Lipinski definition) is 1. The standard InChI is InChI=1S/C22H23N3O2/c26-21(23-18-12-22(27-15-18)10-4-5-11-22)17-8-9-20-24-19(14-25(20)13-17)16-6-2-1-3-7-16/h1-3,6-9,13-14,18H,4-5,10-12,15H2,(H,23,26). The molecular weight excluding hydrogens is 338 g/mol. The zero-order valence-corrected chi connectivity index (χ0v) is 15.2. The maximum absolute atomic E-state index is 12.7. The van der Waals surface area contributed by atoms with Gasteiger partial charge in [-0.05, 0) is 31.4 Å². The number of fused-ring (bicyclic) bond motifs is 1. The Labute approximate surface area is 158 Å². The van der Waals surface area contributed by atoms with Crippen LogP contribution in [0.4, 0.5) is 0 Å². The van der Waals surface area contributed by atoms with Crippen LogP contribution in [0.3, 0.4) is 0 Å². The molecular formula is C22H23N3O2. The number of aromatic nitrogens is 2. The number of nitrogens with one attached hydrogen (secondary N) is 1. The average Bonchev–Trinajstić information content (AvgIpc) is 3.42. The Bertz CT molecular complexity index is 974. The fraction of sp³-hybridized carbons (Fsp3) is 0.364. The van der Waals surface area contributed by atoms with Gasteiger partial charge in [-0.1, -0.05) is 43.2 Å². The van der Waals surface area contributed by atoms with Crippen LogP contribution in [-0.2, 0) is 4.74 Å². The minimum atomic E-state index is -0.0458. The summed E-state index contributed by atoms with van der Waals surface area (Å²) in [6.45, 7) is 0.622. The van der Waals surface area contributed by atoms with Crippen molar-refractivity contribution in [2.75, 3.05) is 6.61 Å². The lowest BCUT2D eigenvalue weighted by molar-refractivity contribution is 0.00988. The summed E-state index contributed by atoms with van der Waals surface area (Å²) in [5.41, 5.74) is 3.47. The molecule has 1 aromatic carbocycles. The Morgan fingerprint density at radius 2 is 1.93 bits per heavy atom. The first-order chi connectivity index (χ1) is 13.2. The van der Waals surface area contributed by atoms with Gasteiger partial charge in [-0.15, -0.1) is 0 Å². The fourth-order valence-corrected chi connectivity index (χ4v) is 4.45. The third-order valence-electron chi connectivity index (χ3n) is 5.84. The van der Waals surface area contributed by atoms with Crippen LogP contribution in [0.2, 0.25) is 0 Å². The molecule has 2 aliphatic rings. The van der Waals surface area contributed by atoms with Crippen molar-refractivity contribution in [1.82, 2.24) is 14.7 Å². The second-order valence-electron chi connectivity index (χ2n) is 7.75. The molecule has 1 atom stereocenters. The molecule has 2 aromatic heterocycles. The van der Waals surface area contributed by atoms with Crippen molar-refractivity contribution in [3.63, 3.8) is 0 Å². The average molecular weight is 361 g/mol. The summed E-state index contributed by atoms with van der Waals surface area (Å²) in [6, 6.07) is 13.9. The van der Waals surface area contributed by atoms with Crippen LogP contribution in [-0.4, -0.2) is 33.5 Å². The van der Waals surface area contributed by atoms with Crippen LogP contribution in [0.15, 0.2) is 54.9 Å². The highest BCUT2D eigenvalue weighted by Gasteiger charge is 2.42. The number of nitrogens with zero attached hydrogens (tertiary/aromatic N) is 2. The summed E-state index contributed by atoms with van der Waals surface area (Å²) in [5, 5.41) is 3.15. The van der Waals surface area contributed by atoms with E-state index in [0.29, 0.717) is 12.2 Å². The first-order valence-electron chi connectivity index (χ1n) is 9.70. The predicted octanol–water partition coefficient (Wildman–Crippen LogP) is 3.83. The number of rotatable bonds is 3. The minimum absolute atomic E-state index is 0.0246. The molecule has 5 rings (SSSR count). The van der Waals surface area contributed by atoms with E-state index in [1.54, 1.807) is 0 Å². The number of carbonyl (C=O) groups excluding carboxylic acids is 1. The predicted molar refractivity (Wildman–Crippen MR) is 104 cm³/mol. The normalized spacial score (nSPS) is 21.1. The van der Waals surface area contributed by atoms with Crippen molar-refractivity contribution < 1.29 is 9.53 Å². The molecule has 2 fully saturated rings. The first kappa shape index (κ1) is 16.5. The van der Waals surface area contributed by atoms with E-state index in [4.69, 9.17) is 4.74 Å². The van der Waals surface area contributed by atoms with E-state index in [9.17, 15) is 4.79 Å². The Morgan fingerprint density at radius 1 is 1.11 bits per heavy atom. The van der Waals surface area contributed by atoms with Crippen LogP contribution in [0, 0.1) is 0 Å². The summed E-state index contributed by atoms with van der Waals surface area (Å²) in [5.74, 6) is -0.0458. The minimum Gasteiger partial charge on any atom is -0.373 e. The van der Waals surface area contributed by atoms with Gasteiger partial charge in [0.05, 0.1) is 29.5 Å². The third kappa shape index (κ3) is 3.12. The topological polar surface area (TPSA) is 55.6 Å². The first-order valence-corrected chi connectivity index (χ1v) is 9.70. The molecule has 0 bridgehead atoms. The van der Waals surface area contributed by atoms with Crippen molar-refractivity contribution in [3.05, 3.63) is 60.4 Å². The van der Waals surface area contributed by atoms with Crippen LogP contribution >= 0.6 is 0 Å². The van der Waals surface area contributed by atoms with E-state index >= 15 is 0 Å². The fourth-order valence-electron chi connectivity index (χ4n) is 4.45. The van der Waals surface area contributed by atoms with Crippen molar-refractivity contribution in [2.45, 2.75) is 43.7 Å². The van der Waals surface area contributed by atoms with Gasteiger partial charge in [-0.3, -0.25) is 4.79 Å². The highest BCUT2D eigenvalue weighted by atomic mass is 16.5. The molecule has 5 nitrogen and oxygen atoms in total. The summed E-state index contributed by atoms with van der Waals surface area (Å²) >= 11 is 0. The SMILES string of the molecule is O=C(NC1COC2(CCCC2)C1)c1ccc2nc(-c3ccccc3)cn2c1. The Kier molecular flexibility index (Phi) is 3.97. The van der Waals surface area contributed by atoms with Gasteiger partial charge < -0.3 is 14.5 Å². The lowest BCUT2D eigenvalue weighted by Gasteiger charge is -2.21. The van der Waals surface area contributed by atoms with Gasteiger partial charge in [0.15, 0.2) is 0 Å². The Hall–Kier alpha value is -2.66. The van der Waals surface area contributed by atoms with E-state index in [1.165, 1.54) is 12.8 Å². The summed E-state index contributed by atoms with van der Waals surface area (Å²) in [6.07, 6.45) is 9.48. The second kappa shape index (κ2) is 6.50. The molecule has 1 amide bonds. The van der Waals surface area contributed by atoms with E-state index < -0.39 is 0 Å². The molecule has 1 saturated heterocycles. The molecule has 27 heavy (non-hydrogen) atoms. The van der Waals surface area contributed by atoms with Gasteiger partial charge in [0.25, 0.3) is 5.91 Å². The zero-order chi connectivity index (χ0) is 18.3. The monoisotopic (exact) mass is 361 g/mol. The highest BCUT2D eigenvalue weighted by Crippen LogP contribution is 2.40. The van der Waals surface area contributed by atoms with Gasteiger partial charge in [0, 0.05) is 18.0 Å². The molecule has 1 aliphatic heterocycles. The molecule has 1 spiro atoms. The largest absolute Gasteiger partial charge is 0.373 e. The number of carbonyl (C=O) groups is 1. The smallest absolute Gasteiger partial charge is 0.253 e. The lowest BCUT2D eigenvalue weighted by Crippen LogP contribution is -2.36. The number of imidazole rings is 1. The molecule has 1 unspecified atom stereocenters. The summed E-state index contributed by atoms with van der Waals surface area (Å²) in [7, 11) is 0. The van der Waals surface area contributed by atoms with Gasteiger partial charge in [-0.25, -0.2) is 4.98 Å². The highest BCUT2D eigenvalue weighted by molar-refractivity contribution is 5.94. The molecule has 138 valence electrons. The van der Waals surface area contributed by atoms with Crippen molar-refractivity contribution in [3.8, 4) is 11.3 Å². The van der Waals surface area contributed by atoms with Crippen LogP contribution in [0.1, 0.15) is 42.5 Å². The van der Waals surface area contributed by atoms with Gasteiger partial charge in [-0.2, -0.15) is 0 Å². The number of hydrogen-bond acceptors (Lipinski definition) is 3. The molecule has 0 radical (unpaired) electrons. The van der Waals surface area contributed by atoms with Crippen LogP contribution in [0.25, 0.3) is 16.9 Å². The Balaban J connectivity index is 1.33. The van der Waals surface area contributed by atoms with E-state index in [1.807, 2.05) is 59.3 Å². The van der Waals surface area contributed by atoms with E-state index in [0.717, 1.165) is 36.2 Å². The van der Waals surface area contributed by atoms with Crippen LogP contribution < -0.4 is 5.32 Å². The molecule has 1 saturated carbocycles. The van der Waals surface area contributed by atoms with E-state index in [-0.39, 0.29) is 17.6 Å². The number of pyridine rings is 1. The second-order valence-corrected chi connectivity index (χ2v) is 7.75. The van der Waals surface area contributed by atoms with E-state index in [2.05, 4.69) is 10.3 Å². The van der Waals surface area contributed by atoms with Crippen molar-refractivity contribution >= 4 is 11.6 Å². The lowest BCUT2D eigenvalue weighted by atomic mass is 9.96. The third-order valence-corrected chi connectivity index (χ3v) is 5.84. The number of ether oxygens (including phenoxy) is 1. The van der Waals surface area contributed by atoms with Crippen molar-refractivity contribution in [2.24, 2.45) is 0 Å². The number of amides is 1. The zero-order valence-electron chi connectivity index (χ0n) is 15.2. The van der Waals surface area contributed by atoms with Gasteiger partial charge in [0.2, 0.25) is 0 Å². The Morgan fingerprint density at radius 3 is 2.74 bits per heavy atom. The summed E-state index contributed by atoms with van der Waals surface area (Å²) in [4.78, 5) is 17.4.